The van der Waals surface area contributed by atoms with Crippen LogP contribution in [0.4, 0.5) is 0 Å². The third kappa shape index (κ3) is 5.43. The van der Waals surface area contributed by atoms with Gasteiger partial charge >= 0.3 is 0 Å². The van der Waals surface area contributed by atoms with Gasteiger partial charge in [0.25, 0.3) is 0 Å². The number of benzene rings is 2. The minimum atomic E-state index is 0.126. The van der Waals surface area contributed by atoms with Crippen molar-refractivity contribution in [1.29, 1.82) is 0 Å². The number of likely N-dealkylation sites (tertiary alicyclic amines) is 1. The van der Waals surface area contributed by atoms with Crippen LogP contribution >= 0.6 is 0 Å². The molecule has 1 N–H and O–H groups in total. The lowest BCUT2D eigenvalue weighted by molar-refractivity contribution is -0.121. The summed E-state index contributed by atoms with van der Waals surface area (Å²) in [6.45, 7) is 6.16. The number of nitrogens with zero attached hydrogens (tertiary/aromatic N) is 1. The quantitative estimate of drug-likeness (QED) is 0.777. The Morgan fingerprint density at radius 1 is 0.962 bits per heavy atom. The predicted octanol–water partition coefficient (Wildman–Crippen LogP) is 4.09. The summed E-state index contributed by atoms with van der Waals surface area (Å²) in [6, 6.07) is 17.1. The fourth-order valence-corrected chi connectivity index (χ4v) is 3.55. The Balaban J connectivity index is 1.47. The van der Waals surface area contributed by atoms with Gasteiger partial charge in [-0.1, -0.05) is 55.5 Å². The van der Waals surface area contributed by atoms with Crippen molar-refractivity contribution in [3.05, 3.63) is 70.8 Å². The predicted molar refractivity (Wildman–Crippen MR) is 107 cm³/mol. The number of hydrogen-bond donors (Lipinski definition) is 1. The van der Waals surface area contributed by atoms with Crippen LogP contribution in [0.15, 0.2) is 48.5 Å². The van der Waals surface area contributed by atoms with Crippen molar-refractivity contribution in [2.24, 2.45) is 0 Å². The van der Waals surface area contributed by atoms with Crippen LogP contribution in [0, 0.1) is 0 Å². The second-order valence-electron chi connectivity index (χ2n) is 7.20. The highest BCUT2D eigenvalue weighted by molar-refractivity contribution is 5.76. The fourth-order valence-electron chi connectivity index (χ4n) is 3.55. The average molecular weight is 351 g/mol. The standard InChI is InChI=1S/C23H30N2O/c1-2-19-9-11-20(12-10-19)13-14-23(26)24-17-21-7-3-4-8-22(21)18-25-15-5-6-16-25/h3-4,7-12H,2,5-6,13-18H2,1H3,(H,24,26). The van der Waals surface area contributed by atoms with Crippen molar-refractivity contribution in [2.75, 3.05) is 13.1 Å². The molecule has 2 aromatic carbocycles. The Bertz CT molecular complexity index is 702. The van der Waals surface area contributed by atoms with Crippen molar-refractivity contribution in [3.8, 4) is 0 Å². The first-order valence-corrected chi connectivity index (χ1v) is 9.88. The summed E-state index contributed by atoms with van der Waals surface area (Å²) >= 11 is 0. The van der Waals surface area contributed by atoms with Crippen LogP contribution in [-0.2, 0) is 30.7 Å². The maximum absolute atomic E-state index is 12.2. The summed E-state index contributed by atoms with van der Waals surface area (Å²) < 4.78 is 0. The van der Waals surface area contributed by atoms with E-state index in [9.17, 15) is 4.79 Å². The summed E-state index contributed by atoms with van der Waals surface area (Å²) in [7, 11) is 0. The molecule has 0 spiro atoms. The Morgan fingerprint density at radius 3 is 2.31 bits per heavy atom. The molecule has 0 radical (unpaired) electrons. The average Bonchev–Trinajstić information content (AvgIpc) is 3.19. The van der Waals surface area contributed by atoms with Crippen LogP contribution in [0.25, 0.3) is 0 Å². The number of hydrogen-bond acceptors (Lipinski definition) is 2. The lowest BCUT2D eigenvalue weighted by Gasteiger charge is -2.17. The summed E-state index contributed by atoms with van der Waals surface area (Å²) in [5.74, 6) is 0.126. The normalized spacial score (nSPS) is 14.5. The van der Waals surface area contributed by atoms with Crippen molar-refractivity contribution in [2.45, 2.75) is 52.1 Å². The maximum Gasteiger partial charge on any atom is 0.220 e. The molecule has 0 saturated carbocycles. The molecule has 26 heavy (non-hydrogen) atoms. The molecule has 1 fully saturated rings. The number of carbonyl (C=O) groups is 1. The van der Waals surface area contributed by atoms with E-state index in [0.717, 1.165) is 19.4 Å². The third-order valence-electron chi connectivity index (χ3n) is 5.26. The summed E-state index contributed by atoms with van der Waals surface area (Å²) in [5, 5.41) is 3.10. The lowest BCUT2D eigenvalue weighted by Crippen LogP contribution is -2.25. The topological polar surface area (TPSA) is 32.3 Å². The molecule has 1 aliphatic rings. The summed E-state index contributed by atoms with van der Waals surface area (Å²) in [5.41, 5.74) is 5.14. The Kier molecular flexibility index (Phi) is 6.84. The van der Waals surface area contributed by atoms with Gasteiger partial charge < -0.3 is 5.32 Å². The first-order valence-electron chi connectivity index (χ1n) is 9.88. The van der Waals surface area contributed by atoms with E-state index in [4.69, 9.17) is 0 Å². The zero-order valence-electron chi connectivity index (χ0n) is 15.8. The molecule has 0 unspecified atom stereocenters. The van der Waals surface area contributed by atoms with E-state index in [1.54, 1.807) is 0 Å². The summed E-state index contributed by atoms with van der Waals surface area (Å²) in [4.78, 5) is 14.7. The summed E-state index contributed by atoms with van der Waals surface area (Å²) in [6.07, 6.45) is 5.00. The highest BCUT2D eigenvalue weighted by Gasteiger charge is 2.13. The van der Waals surface area contributed by atoms with E-state index < -0.39 is 0 Å². The molecule has 1 saturated heterocycles. The van der Waals surface area contributed by atoms with Gasteiger partial charge in [0.05, 0.1) is 0 Å². The second kappa shape index (κ2) is 9.54. The zero-order chi connectivity index (χ0) is 18.2. The minimum Gasteiger partial charge on any atom is -0.352 e. The highest BCUT2D eigenvalue weighted by Crippen LogP contribution is 2.16. The number of rotatable bonds is 8. The van der Waals surface area contributed by atoms with E-state index in [2.05, 4.69) is 65.7 Å². The van der Waals surface area contributed by atoms with Crippen molar-refractivity contribution < 1.29 is 4.79 Å². The van der Waals surface area contributed by atoms with Gasteiger partial charge in [0, 0.05) is 19.5 Å². The van der Waals surface area contributed by atoms with E-state index in [1.165, 1.54) is 48.2 Å². The van der Waals surface area contributed by atoms with Crippen LogP contribution in [0.5, 0.6) is 0 Å². The lowest BCUT2D eigenvalue weighted by atomic mass is 10.1. The molecule has 138 valence electrons. The molecular weight excluding hydrogens is 320 g/mol. The first kappa shape index (κ1) is 18.7. The first-order chi connectivity index (χ1) is 12.7. The molecule has 1 amide bonds. The number of aryl methyl sites for hydroxylation is 2. The van der Waals surface area contributed by atoms with Gasteiger partial charge in [-0.25, -0.2) is 0 Å². The van der Waals surface area contributed by atoms with Crippen molar-refractivity contribution in [3.63, 3.8) is 0 Å². The van der Waals surface area contributed by atoms with Gasteiger partial charge in [0.15, 0.2) is 0 Å². The van der Waals surface area contributed by atoms with Crippen molar-refractivity contribution >= 4 is 5.91 Å². The molecule has 1 aliphatic heterocycles. The monoisotopic (exact) mass is 350 g/mol. The molecule has 0 aliphatic carbocycles. The molecule has 3 nitrogen and oxygen atoms in total. The number of carbonyl (C=O) groups excluding carboxylic acids is 1. The molecule has 0 atom stereocenters. The van der Waals surface area contributed by atoms with Gasteiger partial charge in [-0.15, -0.1) is 0 Å². The van der Waals surface area contributed by atoms with Gasteiger partial charge in [0.1, 0.15) is 0 Å². The van der Waals surface area contributed by atoms with Crippen LogP contribution in [0.1, 0.15) is 48.4 Å². The van der Waals surface area contributed by atoms with E-state index >= 15 is 0 Å². The molecule has 0 aromatic heterocycles. The Labute approximate surface area is 157 Å². The second-order valence-corrected chi connectivity index (χ2v) is 7.20. The molecule has 3 heteroatoms. The van der Waals surface area contributed by atoms with Gasteiger partial charge in [-0.2, -0.15) is 0 Å². The number of amides is 1. The van der Waals surface area contributed by atoms with Crippen LogP contribution in [-0.4, -0.2) is 23.9 Å². The number of nitrogens with one attached hydrogen (secondary N) is 1. The molecular formula is C23H30N2O. The zero-order valence-corrected chi connectivity index (χ0v) is 15.8. The molecule has 3 rings (SSSR count). The Morgan fingerprint density at radius 2 is 1.62 bits per heavy atom. The fraction of sp³-hybridized carbons (Fsp3) is 0.435. The molecule has 0 bridgehead atoms. The van der Waals surface area contributed by atoms with Crippen LogP contribution < -0.4 is 5.32 Å². The SMILES string of the molecule is CCc1ccc(CCC(=O)NCc2ccccc2CN2CCCC2)cc1. The third-order valence-corrected chi connectivity index (χ3v) is 5.26. The highest BCUT2D eigenvalue weighted by atomic mass is 16.1. The van der Waals surface area contributed by atoms with Crippen LogP contribution in [0.3, 0.4) is 0 Å². The van der Waals surface area contributed by atoms with Gasteiger partial charge in [0.2, 0.25) is 5.91 Å². The Hall–Kier alpha value is -2.13. The smallest absolute Gasteiger partial charge is 0.220 e. The maximum atomic E-state index is 12.2. The molecule has 2 aromatic rings. The largest absolute Gasteiger partial charge is 0.352 e. The van der Waals surface area contributed by atoms with Gasteiger partial charge in [-0.05, 0) is 61.0 Å². The molecule has 1 heterocycles. The van der Waals surface area contributed by atoms with E-state index in [1.807, 2.05) is 0 Å². The van der Waals surface area contributed by atoms with Gasteiger partial charge in [-0.3, -0.25) is 9.69 Å². The van der Waals surface area contributed by atoms with E-state index in [-0.39, 0.29) is 5.91 Å². The van der Waals surface area contributed by atoms with E-state index in [0.29, 0.717) is 13.0 Å². The van der Waals surface area contributed by atoms with Crippen LogP contribution in [0.2, 0.25) is 0 Å². The minimum absolute atomic E-state index is 0.126. The van der Waals surface area contributed by atoms with Crippen molar-refractivity contribution in [1.82, 2.24) is 10.2 Å².